The van der Waals surface area contributed by atoms with Crippen LogP contribution in [0.5, 0.6) is 0 Å². The molecule has 0 atom stereocenters. The highest BCUT2D eigenvalue weighted by Gasteiger charge is 1.91. The van der Waals surface area contributed by atoms with Crippen molar-refractivity contribution in [3.05, 3.63) is 38.0 Å². The molecule has 0 aliphatic heterocycles. The average molecular weight is 329 g/mol. The third-order valence-corrected chi connectivity index (χ3v) is 3.17. The molecule has 3 heteroatoms. The molecule has 22 heavy (non-hydrogen) atoms. The largest absolute Gasteiger partial charge is 0.478 e. The molecule has 0 fully saturated rings. The Balaban J connectivity index is -0.000000330. The maximum absolute atomic E-state index is 9.25. The molecule has 0 aliphatic rings. The summed E-state index contributed by atoms with van der Waals surface area (Å²) in [5.74, 6) is 0.0845. The van der Waals surface area contributed by atoms with E-state index in [0.29, 0.717) is 0 Å². The summed E-state index contributed by atoms with van der Waals surface area (Å²) in [6, 6.07) is 0. The second-order valence-corrected chi connectivity index (χ2v) is 5.37. The van der Waals surface area contributed by atoms with E-state index in [2.05, 4.69) is 39.3 Å². The van der Waals surface area contributed by atoms with Gasteiger partial charge in [-0.25, -0.2) is 4.79 Å². The Morgan fingerprint density at radius 3 is 1.41 bits per heavy atom. The van der Waals surface area contributed by atoms with Crippen molar-refractivity contribution in [2.75, 3.05) is 5.75 Å². The van der Waals surface area contributed by atoms with E-state index in [1.807, 2.05) is 0 Å². The Hall–Kier alpha value is -0.960. The standard InChI is InChI=1S/C12H26S.C4H6.C3H4O2/c1-2-3-4-5-6-7-8-9-10-11-12-13;1-3-4-2;1-2-3(4)5/h13H,2-12H2,1H3;3-4H,1-2H2;2H,1H2,(H,4,5). The second kappa shape index (κ2) is 28.2. The van der Waals surface area contributed by atoms with E-state index in [1.165, 1.54) is 64.2 Å². The summed E-state index contributed by atoms with van der Waals surface area (Å²) >= 11 is 4.20. The fourth-order valence-corrected chi connectivity index (χ4v) is 1.82. The van der Waals surface area contributed by atoms with Gasteiger partial charge in [0.1, 0.15) is 0 Å². The van der Waals surface area contributed by atoms with Crippen LogP contribution in [0.3, 0.4) is 0 Å². The summed E-state index contributed by atoms with van der Waals surface area (Å²) in [6.07, 6.45) is 18.3. The molecule has 0 rings (SSSR count). The van der Waals surface area contributed by atoms with Gasteiger partial charge in [0.05, 0.1) is 0 Å². The van der Waals surface area contributed by atoms with Gasteiger partial charge < -0.3 is 5.11 Å². The number of carboxylic acids is 1. The van der Waals surface area contributed by atoms with Gasteiger partial charge in [0.15, 0.2) is 0 Å². The third-order valence-electron chi connectivity index (χ3n) is 2.85. The van der Waals surface area contributed by atoms with Crippen LogP contribution in [0.4, 0.5) is 0 Å². The van der Waals surface area contributed by atoms with Crippen molar-refractivity contribution in [1.82, 2.24) is 0 Å². The molecule has 2 nitrogen and oxygen atoms in total. The topological polar surface area (TPSA) is 37.3 Å². The van der Waals surface area contributed by atoms with Crippen LogP contribution >= 0.6 is 12.6 Å². The number of aliphatic carboxylic acids is 1. The Bertz CT molecular complexity index is 234. The van der Waals surface area contributed by atoms with Crippen molar-refractivity contribution in [2.45, 2.75) is 71.1 Å². The lowest BCUT2D eigenvalue weighted by Crippen LogP contribution is -1.82. The Labute approximate surface area is 143 Å². The minimum absolute atomic E-state index is 0.833. The number of allylic oxidation sites excluding steroid dienone is 2. The number of carboxylic acid groups (broad SMARTS) is 1. The SMILES string of the molecule is C=CC(=O)O.C=CC=C.CCCCCCCCCCCCS. The number of hydrogen-bond donors (Lipinski definition) is 2. The maximum Gasteiger partial charge on any atom is 0.327 e. The van der Waals surface area contributed by atoms with Crippen LogP contribution in [-0.4, -0.2) is 16.8 Å². The molecular formula is C19H36O2S. The molecule has 130 valence electrons. The molecule has 0 radical (unpaired) electrons. The third kappa shape index (κ3) is 42.7. The monoisotopic (exact) mass is 328 g/mol. The lowest BCUT2D eigenvalue weighted by molar-refractivity contribution is -0.131. The molecule has 0 bridgehead atoms. The van der Waals surface area contributed by atoms with Crippen molar-refractivity contribution in [3.63, 3.8) is 0 Å². The summed E-state index contributed by atoms with van der Waals surface area (Å²) in [7, 11) is 0. The lowest BCUT2D eigenvalue weighted by atomic mass is 10.1. The molecule has 0 unspecified atom stereocenters. The average Bonchev–Trinajstić information content (AvgIpc) is 2.54. The fourth-order valence-electron chi connectivity index (χ4n) is 1.60. The van der Waals surface area contributed by atoms with Gasteiger partial charge in [0, 0.05) is 6.08 Å². The van der Waals surface area contributed by atoms with Crippen LogP contribution in [0.25, 0.3) is 0 Å². The molecule has 0 saturated carbocycles. The molecule has 0 heterocycles. The lowest BCUT2D eigenvalue weighted by Gasteiger charge is -2.00. The van der Waals surface area contributed by atoms with E-state index < -0.39 is 5.97 Å². The van der Waals surface area contributed by atoms with Crippen LogP contribution < -0.4 is 0 Å². The first-order valence-electron chi connectivity index (χ1n) is 8.30. The van der Waals surface area contributed by atoms with Crippen LogP contribution in [0.15, 0.2) is 38.0 Å². The normalized spacial score (nSPS) is 8.64. The minimum atomic E-state index is -0.981. The first-order chi connectivity index (χ1) is 10.6. The van der Waals surface area contributed by atoms with Crippen LogP contribution in [0, 0.1) is 0 Å². The summed E-state index contributed by atoms with van der Waals surface area (Å²) in [5, 5.41) is 7.60. The zero-order valence-corrected chi connectivity index (χ0v) is 15.3. The number of carbonyl (C=O) groups is 1. The molecule has 0 aliphatic carbocycles. The maximum atomic E-state index is 9.25. The van der Waals surface area contributed by atoms with Gasteiger partial charge in [-0.3, -0.25) is 0 Å². The molecule has 0 amide bonds. The molecule has 0 aromatic heterocycles. The van der Waals surface area contributed by atoms with Crippen molar-refractivity contribution in [2.24, 2.45) is 0 Å². The Morgan fingerprint density at radius 2 is 1.18 bits per heavy atom. The number of rotatable bonds is 12. The van der Waals surface area contributed by atoms with Gasteiger partial charge >= 0.3 is 5.97 Å². The number of unbranched alkanes of at least 4 members (excludes halogenated alkanes) is 9. The molecule has 0 aromatic rings. The molecule has 0 spiro atoms. The highest BCUT2D eigenvalue weighted by molar-refractivity contribution is 7.80. The quantitative estimate of drug-likeness (QED) is 0.187. The van der Waals surface area contributed by atoms with E-state index in [4.69, 9.17) is 5.11 Å². The van der Waals surface area contributed by atoms with Gasteiger partial charge in [-0.2, -0.15) is 12.6 Å². The van der Waals surface area contributed by atoms with Gasteiger partial charge in [-0.05, 0) is 12.2 Å². The summed E-state index contributed by atoms with van der Waals surface area (Å²) < 4.78 is 0. The van der Waals surface area contributed by atoms with Crippen molar-refractivity contribution in [3.8, 4) is 0 Å². The van der Waals surface area contributed by atoms with E-state index in [1.54, 1.807) is 12.2 Å². The van der Waals surface area contributed by atoms with Crippen molar-refractivity contribution < 1.29 is 9.90 Å². The zero-order valence-electron chi connectivity index (χ0n) is 14.4. The first kappa shape index (κ1) is 26.0. The second-order valence-electron chi connectivity index (χ2n) is 4.92. The van der Waals surface area contributed by atoms with Crippen LogP contribution in [0.2, 0.25) is 0 Å². The minimum Gasteiger partial charge on any atom is -0.478 e. The predicted octanol–water partition coefficient (Wildman–Crippen LogP) is 6.45. The van der Waals surface area contributed by atoms with E-state index in [9.17, 15) is 4.79 Å². The summed E-state index contributed by atoms with van der Waals surface area (Å²) in [4.78, 5) is 9.25. The van der Waals surface area contributed by atoms with E-state index >= 15 is 0 Å². The van der Waals surface area contributed by atoms with E-state index in [-0.39, 0.29) is 0 Å². The van der Waals surface area contributed by atoms with Crippen LogP contribution in [0.1, 0.15) is 71.1 Å². The first-order valence-corrected chi connectivity index (χ1v) is 8.93. The fraction of sp³-hybridized carbons (Fsp3) is 0.632. The Kier molecular flexibility index (Phi) is 33.3. The summed E-state index contributed by atoms with van der Waals surface area (Å²) in [5.41, 5.74) is 0. The smallest absolute Gasteiger partial charge is 0.327 e. The zero-order chi connectivity index (χ0) is 17.5. The number of hydrogen-bond acceptors (Lipinski definition) is 2. The number of thiol groups is 1. The van der Waals surface area contributed by atoms with E-state index in [0.717, 1.165) is 11.8 Å². The summed E-state index contributed by atoms with van der Waals surface area (Å²) in [6.45, 7) is 12.0. The van der Waals surface area contributed by atoms with Crippen molar-refractivity contribution >= 4 is 18.6 Å². The van der Waals surface area contributed by atoms with Gasteiger partial charge in [-0.15, -0.1) is 0 Å². The van der Waals surface area contributed by atoms with Gasteiger partial charge in [0.2, 0.25) is 0 Å². The highest BCUT2D eigenvalue weighted by Crippen LogP contribution is 2.10. The van der Waals surface area contributed by atoms with Crippen LogP contribution in [-0.2, 0) is 4.79 Å². The van der Waals surface area contributed by atoms with Crippen molar-refractivity contribution in [1.29, 1.82) is 0 Å². The molecule has 0 aromatic carbocycles. The highest BCUT2D eigenvalue weighted by atomic mass is 32.1. The van der Waals surface area contributed by atoms with Gasteiger partial charge in [-0.1, -0.05) is 96.6 Å². The molecular weight excluding hydrogens is 292 g/mol. The Morgan fingerprint density at radius 1 is 0.864 bits per heavy atom. The van der Waals surface area contributed by atoms with Gasteiger partial charge in [0.25, 0.3) is 0 Å². The molecule has 0 saturated heterocycles. The molecule has 1 N–H and O–H groups in total. The predicted molar refractivity (Wildman–Crippen MR) is 104 cm³/mol.